The van der Waals surface area contributed by atoms with Gasteiger partial charge in [0.05, 0.1) is 18.0 Å². The van der Waals surface area contributed by atoms with Crippen LogP contribution in [0.3, 0.4) is 0 Å². The molecule has 1 heterocycles. The van der Waals surface area contributed by atoms with Gasteiger partial charge in [-0.25, -0.2) is 4.68 Å². The maximum atomic E-state index is 6.31. The standard InChI is InChI=1S/C14H15ClN2O/c15-14-13(18-12-8-4-5-9-12)10-16-17(14)11-6-2-1-3-7-11/h1-3,6-7,10,12H,4-5,8-9H2. The molecule has 3 rings (SSSR count). The van der Waals surface area contributed by atoms with Gasteiger partial charge in [0.1, 0.15) is 0 Å². The van der Waals surface area contributed by atoms with Crippen molar-refractivity contribution in [2.75, 3.05) is 0 Å². The number of halogens is 1. The number of hydrogen-bond donors (Lipinski definition) is 0. The van der Waals surface area contributed by atoms with Crippen molar-refractivity contribution in [3.05, 3.63) is 41.7 Å². The molecule has 0 N–H and O–H groups in total. The zero-order valence-corrected chi connectivity index (χ0v) is 10.8. The van der Waals surface area contributed by atoms with Crippen LogP contribution in [0.1, 0.15) is 25.7 Å². The number of hydrogen-bond acceptors (Lipinski definition) is 2. The van der Waals surface area contributed by atoms with E-state index in [1.165, 1.54) is 12.8 Å². The maximum Gasteiger partial charge on any atom is 0.177 e. The first-order valence-electron chi connectivity index (χ1n) is 6.30. The lowest BCUT2D eigenvalue weighted by Gasteiger charge is -2.11. The van der Waals surface area contributed by atoms with Crippen molar-refractivity contribution in [2.45, 2.75) is 31.8 Å². The van der Waals surface area contributed by atoms with Gasteiger partial charge in [-0.2, -0.15) is 5.10 Å². The van der Waals surface area contributed by atoms with Gasteiger partial charge >= 0.3 is 0 Å². The van der Waals surface area contributed by atoms with E-state index >= 15 is 0 Å². The second-order valence-corrected chi connectivity index (χ2v) is 4.93. The van der Waals surface area contributed by atoms with Crippen molar-refractivity contribution < 1.29 is 4.74 Å². The Labute approximate surface area is 111 Å². The van der Waals surface area contributed by atoms with Crippen LogP contribution in [0, 0.1) is 0 Å². The number of para-hydroxylation sites is 1. The first-order valence-corrected chi connectivity index (χ1v) is 6.68. The van der Waals surface area contributed by atoms with E-state index in [1.54, 1.807) is 10.9 Å². The van der Waals surface area contributed by atoms with Crippen molar-refractivity contribution in [3.8, 4) is 11.4 Å². The molecule has 94 valence electrons. The average Bonchev–Trinajstić information content (AvgIpc) is 3.03. The maximum absolute atomic E-state index is 6.31. The summed E-state index contributed by atoms with van der Waals surface area (Å²) in [4.78, 5) is 0. The van der Waals surface area contributed by atoms with Crippen LogP contribution < -0.4 is 4.74 Å². The van der Waals surface area contributed by atoms with Gasteiger partial charge in [0.2, 0.25) is 0 Å². The molecule has 1 fully saturated rings. The summed E-state index contributed by atoms with van der Waals surface area (Å²) in [5.41, 5.74) is 0.948. The topological polar surface area (TPSA) is 27.1 Å². The summed E-state index contributed by atoms with van der Waals surface area (Å²) in [7, 11) is 0. The highest BCUT2D eigenvalue weighted by Crippen LogP contribution is 2.30. The number of aromatic nitrogens is 2. The zero-order valence-electron chi connectivity index (χ0n) is 10.1. The van der Waals surface area contributed by atoms with Crippen LogP contribution in [0.15, 0.2) is 36.5 Å². The van der Waals surface area contributed by atoms with Crippen LogP contribution in [-0.2, 0) is 0 Å². The largest absolute Gasteiger partial charge is 0.485 e. The van der Waals surface area contributed by atoms with E-state index in [1.807, 2.05) is 30.3 Å². The van der Waals surface area contributed by atoms with E-state index in [9.17, 15) is 0 Å². The molecule has 3 nitrogen and oxygen atoms in total. The molecule has 1 aliphatic rings. The highest BCUT2D eigenvalue weighted by Gasteiger charge is 2.20. The predicted molar refractivity (Wildman–Crippen MR) is 71.5 cm³/mol. The fraction of sp³-hybridized carbons (Fsp3) is 0.357. The van der Waals surface area contributed by atoms with Gasteiger partial charge in [-0.3, -0.25) is 0 Å². The van der Waals surface area contributed by atoms with Crippen LogP contribution >= 0.6 is 11.6 Å². The van der Waals surface area contributed by atoms with E-state index in [0.717, 1.165) is 18.5 Å². The Morgan fingerprint density at radius 1 is 1.17 bits per heavy atom. The van der Waals surface area contributed by atoms with E-state index < -0.39 is 0 Å². The summed E-state index contributed by atoms with van der Waals surface area (Å²) >= 11 is 6.31. The normalized spacial score (nSPS) is 16.1. The van der Waals surface area contributed by atoms with Gasteiger partial charge in [-0.15, -0.1) is 0 Å². The van der Waals surface area contributed by atoms with E-state index in [-0.39, 0.29) is 0 Å². The quantitative estimate of drug-likeness (QED) is 0.840. The zero-order chi connectivity index (χ0) is 12.4. The van der Waals surface area contributed by atoms with Gasteiger partial charge in [-0.05, 0) is 37.8 Å². The lowest BCUT2D eigenvalue weighted by molar-refractivity contribution is 0.210. The molecule has 0 saturated heterocycles. The average molecular weight is 263 g/mol. The van der Waals surface area contributed by atoms with Crippen molar-refractivity contribution in [2.24, 2.45) is 0 Å². The molecule has 0 spiro atoms. The molecule has 2 aromatic rings. The third-order valence-electron chi connectivity index (χ3n) is 3.28. The first-order chi connectivity index (χ1) is 8.84. The first kappa shape index (κ1) is 11.6. The van der Waals surface area contributed by atoms with Gasteiger partial charge in [-0.1, -0.05) is 29.8 Å². The second-order valence-electron chi connectivity index (χ2n) is 4.57. The van der Waals surface area contributed by atoms with Crippen LogP contribution in [0.5, 0.6) is 5.75 Å². The third kappa shape index (κ3) is 2.23. The lowest BCUT2D eigenvalue weighted by Crippen LogP contribution is -2.10. The predicted octanol–water partition coefficient (Wildman–Crippen LogP) is 3.85. The molecule has 1 aromatic heterocycles. The molecule has 0 aliphatic heterocycles. The van der Waals surface area contributed by atoms with Crippen molar-refractivity contribution >= 4 is 11.6 Å². The van der Waals surface area contributed by atoms with E-state index in [4.69, 9.17) is 16.3 Å². The van der Waals surface area contributed by atoms with Gasteiger partial charge in [0.15, 0.2) is 10.9 Å². The number of ether oxygens (including phenoxy) is 1. The Kier molecular flexibility index (Phi) is 3.24. The van der Waals surface area contributed by atoms with Gasteiger partial charge in [0, 0.05) is 0 Å². The Balaban J connectivity index is 1.83. The van der Waals surface area contributed by atoms with E-state index in [0.29, 0.717) is 17.0 Å². The summed E-state index contributed by atoms with van der Waals surface area (Å²) in [6.07, 6.45) is 6.73. The number of benzene rings is 1. The third-order valence-corrected chi connectivity index (χ3v) is 3.62. The summed E-state index contributed by atoms with van der Waals surface area (Å²) < 4.78 is 7.59. The molecular formula is C14H15ClN2O. The molecule has 18 heavy (non-hydrogen) atoms. The van der Waals surface area contributed by atoms with Crippen LogP contribution in [0.4, 0.5) is 0 Å². The molecule has 4 heteroatoms. The summed E-state index contributed by atoms with van der Waals surface area (Å²) in [5.74, 6) is 0.687. The van der Waals surface area contributed by atoms with Gasteiger partial charge < -0.3 is 4.74 Å². The Morgan fingerprint density at radius 3 is 2.61 bits per heavy atom. The molecule has 0 unspecified atom stereocenters. The Bertz CT molecular complexity index is 518. The highest BCUT2D eigenvalue weighted by atomic mass is 35.5. The molecule has 0 atom stereocenters. The van der Waals surface area contributed by atoms with Crippen molar-refractivity contribution in [1.82, 2.24) is 9.78 Å². The Morgan fingerprint density at radius 2 is 1.89 bits per heavy atom. The van der Waals surface area contributed by atoms with Crippen molar-refractivity contribution in [3.63, 3.8) is 0 Å². The fourth-order valence-corrected chi connectivity index (χ4v) is 2.57. The second kappa shape index (κ2) is 5.02. The van der Waals surface area contributed by atoms with Crippen molar-refractivity contribution in [1.29, 1.82) is 0 Å². The number of rotatable bonds is 3. The van der Waals surface area contributed by atoms with Crippen LogP contribution in [0.2, 0.25) is 5.15 Å². The summed E-state index contributed by atoms with van der Waals surface area (Å²) in [6.45, 7) is 0. The monoisotopic (exact) mass is 262 g/mol. The fourth-order valence-electron chi connectivity index (χ4n) is 2.33. The summed E-state index contributed by atoms with van der Waals surface area (Å²) in [5, 5.41) is 4.84. The SMILES string of the molecule is Clc1c(OC2CCCC2)cnn1-c1ccccc1. The van der Waals surface area contributed by atoms with Crippen LogP contribution in [0.25, 0.3) is 5.69 Å². The molecule has 1 saturated carbocycles. The molecular weight excluding hydrogens is 248 g/mol. The van der Waals surface area contributed by atoms with E-state index in [2.05, 4.69) is 5.10 Å². The molecule has 1 aromatic carbocycles. The number of nitrogens with zero attached hydrogens (tertiary/aromatic N) is 2. The molecule has 0 bridgehead atoms. The lowest BCUT2D eigenvalue weighted by atomic mass is 10.3. The summed E-state index contributed by atoms with van der Waals surface area (Å²) in [6, 6.07) is 9.84. The van der Waals surface area contributed by atoms with Crippen LogP contribution in [-0.4, -0.2) is 15.9 Å². The minimum absolute atomic E-state index is 0.302. The minimum atomic E-state index is 0.302. The molecule has 1 aliphatic carbocycles. The molecule has 0 amide bonds. The minimum Gasteiger partial charge on any atom is -0.485 e. The Hall–Kier alpha value is -1.48. The highest BCUT2D eigenvalue weighted by molar-refractivity contribution is 6.31. The molecule has 0 radical (unpaired) electrons. The van der Waals surface area contributed by atoms with Gasteiger partial charge in [0.25, 0.3) is 0 Å². The smallest absolute Gasteiger partial charge is 0.177 e.